The standard InChI is InChI=1S/C15H21NS/c1-5-13(10-11-16)17-14-8-6-12(7-9-14)15(2,3)4/h6-9,13H,5,10H2,1-4H3. The van der Waals surface area contributed by atoms with Crippen LogP contribution in [0.1, 0.15) is 46.1 Å². The van der Waals surface area contributed by atoms with Crippen molar-refractivity contribution in [3.8, 4) is 6.07 Å². The van der Waals surface area contributed by atoms with Crippen LogP contribution in [0.25, 0.3) is 0 Å². The molecule has 2 heteroatoms. The van der Waals surface area contributed by atoms with E-state index in [0.29, 0.717) is 11.7 Å². The number of hydrogen-bond acceptors (Lipinski definition) is 2. The average molecular weight is 247 g/mol. The molecule has 0 aliphatic rings. The molecule has 1 aromatic carbocycles. The molecule has 0 spiro atoms. The van der Waals surface area contributed by atoms with Gasteiger partial charge in [0.1, 0.15) is 0 Å². The van der Waals surface area contributed by atoms with Gasteiger partial charge in [-0.15, -0.1) is 11.8 Å². The van der Waals surface area contributed by atoms with Crippen molar-refractivity contribution < 1.29 is 0 Å². The zero-order valence-corrected chi connectivity index (χ0v) is 12.0. The van der Waals surface area contributed by atoms with Crippen LogP contribution in [0, 0.1) is 11.3 Å². The van der Waals surface area contributed by atoms with Crippen molar-refractivity contribution >= 4 is 11.8 Å². The minimum absolute atomic E-state index is 0.208. The highest BCUT2D eigenvalue weighted by Crippen LogP contribution is 2.30. The van der Waals surface area contributed by atoms with E-state index in [4.69, 9.17) is 5.26 Å². The van der Waals surface area contributed by atoms with Crippen LogP contribution >= 0.6 is 11.8 Å². The molecule has 0 fully saturated rings. The first-order valence-electron chi connectivity index (χ1n) is 6.11. The predicted molar refractivity (Wildman–Crippen MR) is 75.3 cm³/mol. The molecule has 0 saturated heterocycles. The van der Waals surface area contributed by atoms with Gasteiger partial charge in [-0.25, -0.2) is 0 Å². The van der Waals surface area contributed by atoms with Crippen LogP contribution in [-0.4, -0.2) is 5.25 Å². The molecule has 1 aromatic rings. The van der Waals surface area contributed by atoms with Gasteiger partial charge in [-0.05, 0) is 29.5 Å². The third-order valence-electron chi connectivity index (χ3n) is 2.80. The van der Waals surface area contributed by atoms with E-state index in [9.17, 15) is 0 Å². The SMILES string of the molecule is CCC(CC#N)Sc1ccc(C(C)(C)C)cc1. The molecule has 0 aliphatic heterocycles. The Morgan fingerprint density at radius 1 is 1.24 bits per heavy atom. The second kappa shape index (κ2) is 6.12. The first-order valence-corrected chi connectivity index (χ1v) is 6.99. The van der Waals surface area contributed by atoms with Crippen molar-refractivity contribution in [3.63, 3.8) is 0 Å². The van der Waals surface area contributed by atoms with Gasteiger partial charge in [0.15, 0.2) is 0 Å². The van der Waals surface area contributed by atoms with Gasteiger partial charge in [0.05, 0.1) is 6.07 Å². The number of thioether (sulfide) groups is 1. The number of benzene rings is 1. The van der Waals surface area contributed by atoms with Gasteiger partial charge in [0.25, 0.3) is 0 Å². The predicted octanol–water partition coefficient (Wildman–Crippen LogP) is 4.77. The summed E-state index contributed by atoms with van der Waals surface area (Å²) in [6, 6.07) is 11.0. The van der Waals surface area contributed by atoms with Crippen LogP contribution in [0.2, 0.25) is 0 Å². The van der Waals surface area contributed by atoms with Crippen LogP contribution in [-0.2, 0) is 5.41 Å². The summed E-state index contributed by atoms with van der Waals surface area (Å²) in [5, 5.41) is 9.15. The number of nitriles is 1. The summed E-state index contributed by atoms with van der Waals surface area (Å²) in [5.74, 6) is 0. The zero-order valence-electron chi connectivity index (χ0n) is 11.2. The molecule has 0 heterocycles. The molecule has 17 heavy (non-hydrogen) atoms. The second-order valence-corrected chi connectivity index (χ2v) is 6.66. The largest absolute Gasteiger partial charge is 0.198 e. The maximum Gasteiger partial charge on any atom is 0.0633 e. The van der Waals surface area contributed by atoms with E-state index < -0.39 is 0 Å². The molecular weight excluding hydrogens is 226 g/mol. The van der Waals surface area contributed by atoms with Crippen molar-refractivity contribution in [2.24, 2.45) is 0 Å². The summed E-state index contributed by atoms with van der Waals surface area (Å²) in [5.41, 5.74) is 1.56. The van der Waals surface area contributed by atoms with E-state index in [1.165, 1.54) is 10.5 Å². The Bertz CT molecular complexity index is 381. The molecular formula is C15H21NS. The lowest BCUT2D eigenvalue weighted by atomic mass is 9.87. The summed E-state index contributed by atoms with van der Waals surface area (Å²) >= 11 is 1.81. The van der Waals surface area contributed by atoms with Gasteiger partial charge in [0.2, 0.25) is 0 Å². The normalized spacial score (nSPS) is 13.1. The van der Waals surface area contributed by atoms with E-state index >= 15 is 0 Å². The monoisotopic (exact) mass is 247 g/mol. The minimum Gasteiger partial charge on any atom is -0.198 e. The van der Waals surface area contributed by atoms with Gasteiger partial charge in [-0.3, -0.25) is 0 Å². The van der Waals surface area contributed by atoms with Crippen LogP contribution in [0.3, 0.4) is 0 Å². The maximum absolute atomic E-state index is 8.73. The fourth-order valence-electron chi connectivity index (χ4n) is 1.60. The zero-order chi connectivity index (χ0) is 12.9. The van der Waals surface area contributed by atoms with Crippen LogP contribution in [0.5, 0.6) is 0 Å². The third-order valence-corrected chi connectivity index (χ3v) is 4.18. The number of nitrogens with zero attached hydrogens (tertiary/aromatic N) is 1. The van der Waals surface area contributed by atoms with E-state index in [-0.39, 0.29) is 5.41 Å². The summed E-state index contributed by atoms with van der Waals surface area (Å²) in [4.78, 5) is 1.26. The molecule has 0 N–H and O–H groups in total. The molecule has 0 saturated carbocycles. The van der Waals surface area contributed by atoms with Crippen molar-refractivity contribution in [1.29, 1.82) is 5.26 Å². The molecule has 0 bridgehead atoms. The molecule has 1 atom stereocenters. The molecule has 1 rings (SSSR count). The van der Waals surface area contributed by atoms with Crippen LogP contribution < -0.4 is 0 Å². The minimum atomic E-state index is 0.208. The van der Waals surface area contributed by atoms with Crippen molar-refractivity contribution in [1.82, 2.24) is 0 Å². The summed E-state index contributed by atoms with van der Waals surface area (Å²) in [7, 11) is 0. The highest BCUT2D eigenvalue weighted by atomic mass is 32.2. The maximum atomic E-state index is 8.73. The number of hydrogen-bond donors (Lipinski definition) is 0. The van der Waals surface area contributed by atoms with Crippen molar-refractivity contribution in [2.45, 2.75) is 56.1 Å². The summed E-state index contributed by atoms with van der Waals surface area (Å²) in [6.07, 6.45) is 1.67. The Balaban J connectivity index is 2.72. The Morgan fingerprint density at radius 3 is 2.24 bits per heavy atom. The van der Waals surface area contributed by atoms with Crippen molar-refractivity contribution in [2.75, 3.05) is 0 Å². The van der Waals surface area contributed by atoms with E-state index in [1.807, 2.05) is 11.8 Å². The smallest absolute Gasteiger partial charge is 0.0633 e. The Hall–Kier alpha value is -0.940. The number of rotatable bonds is 4. The van der Waals surface area contributed by atoms with Gasteiger partial charge in [0, 0.05) is 16.6 Å². The Kier molecular flexibility index (Phi) is 5.08. The van der Waals surface area contributed by atoms with E-state index in [0.717, 1.165) is 6.42 Å². The van der Waals surface area contributed by atoms with Crippen molar-refractivity contribution in [3.05, 3.63) is 29.8 Å². The molecule has 92 valence electrons. The van der Waals surface area contributed by atoms with Gasteiger partial charge in [-0.1, -0.05) is 39.8 Å². The van der Waals surface area contributed by atoms with Gasteiger partial charge >= 0.3 is 0 Å². The summed E-state index contributed by atoms with van der Waals surface area (Å²) in [6.45, 7) is 8.80. The summed E-state index contributed by atoms with van der Waals surface area (Å²) < 4.78 is 0. The lowest BCUT2D eigenvalue weighted by Crippen LogP contribution is -2.10. The Morgan fingerprint density at radius 2 is 1.82 bits per heavy atom. The van der Waals surface area contributed by atoms with Gasteiger partial charge in [-0.2, -0.15) is 5.26 Å². The molecule has 1 unspecified atom stereocenters. The molecule has 0 amide bonds. The fraction of sp³-hybridized carbons (Fsp3) is 0.533. The lowest BCUT2D eigenvalue weighted by Gasteiger charge is -2.19. The van der Waals surface area contributed by atoms with E-state index in [1.54, 1.807) is 0 Å². The molecule has 0 aromatic heterocycles. The van der Waals surface area contributed by atoms with E-state index in [2.05, 4.69) is 58.0 Å². The first-order chi connectivity index (χ1) is 7.97. The first kappa shape index (κ1) is 14.1. The van der Waals surface area contributed by atoms with Crippen LogP contribution in [0.4, 0.5) is 0 Å². The quantitative estimate of drug-likeness (QED) is 0.716. The highest BCUT2D eigenvalue weighted by molar-refractivity contribution is 8.00. The molecule has 1 nitrogen and oxygen atoms in total. The third kappa shape index (κ3) is 4.44. The Labute approximate surface area is 109 Å². The molecule has 0 radical (unpaired) electrons. The second-order valence-electron chi connectivity index (χ2n) is 5.28. The molecule has 0 aliphatic carbocycles. The van der Waals surface area contributed by atoms with Crippen LogP contribution in [0.15, 0.2) is 29.2 Å². The lowest BCUT2D eigenvalue weighted by molar-refractivity contribution is 0.589. The highest BCUT2D eigenvalue weighted by Gasteiger charge is 2.13. The topological polar surface area (TPSA) is 23.8 Å². The fourth-order valence-corrected chi connectivity index (χ4v) is 2.60. The average Bonchev–Trinajstić information content (AvgIpc) is 2.28. The van der Waals surface area contributed by atoms with Gasteiger partial charge < -0.3 is 0 Å².